The van der Waals surface area contributed by atoms with E-state index in [0.717, 1.165) is 15.8 Å². The molecule has 1 atom stereocenters. The van der Waals surface area contributed by atoms with Crippen LogP contribution in [0, 0.1) is 5.92 Å². The van der Waals surface area contributed by atoms with Crippen molar-refractivity contribution in [1.82, 2.24) is 9.88 Å². The fraction of sp³-hybridized carbons (Fsp3) is 0.192. The van der Waals surface area contributed by atoms with E-state index in [1.807, 2.05) is 78.9 Å². The van der Waals surface area contributed by atoms with Crippen LogP contribution in [-0.4, -0.2) is 35.4 Å². The number of benzene rings is 3. The van der Waals surface area contributed by atoms with Crippen molar-refractivity contribution in [2.75, 3.05) is 18.6 Å². The lowest BCUT2D eigenvalue weighted by molar-refractivity contribution is -0.128. The molecule has 0 radical (unpaired) electrons. The van der Waals surface area contributed by atoms with Crippen molar-refractivity contribution in [1.29, 1.82) is 0 Å². The lowest BCUT2D eigenvalue weighted by Crippen LogP contribution is -2.34. The number of amides is 2. The summed E-state index contributed by atoms with van der Waals surface area (Å²) >= 11 is 1.46. The molecule has 5 rings (SSSR count). The predicted molar refractivity (Wildman–Crippen MR) is 130 cm³/mol. The van der Waals surface area contributed by atoms with Crippen LogP contribution in [-0.2, 0) is 16.1 Å². The molecule has 0 N–H and O–H groups in total. The van der Waals surface area contributed by atoms with Crippen LogP contribution in [0.2, 0.25) is 0 Å². The number of ether oxygens (including phenoxy) is 1. The Morgan fingerprint density at radius 2 is 1.88 bits per heavy atom. The number of nitrogens with zero attached hydrogens (tertiary/aromatic N) is 3. The Morgan fingerprint density at radius 3 is 2.67 bits per heavy atom. The monoisotopic (exact) mass is 457 g/mol. The van der Waals surface area contributed by atoms with Crippen molar-refractivity contribution in [3.05, 3.63) is 84.4 Å². The normalized spacial score (nSPS) is 15.7. The minimum Gasteiger partial charge on any atom is -0.497 e. The SMILES string of the molecule is COc1cccc(N(C(=O)[C@@H]2CC(=O)N(Cc3ccccc3)C2)c2nc3ccccc3s2)c1. The van der Waals surface area contributed by atoms with Crippen molar-refractivity contribution in [2.24, 2.45) is 5.92 Å². The maximum absolute atomic E-state index is 13.8. The first-order valence-electron chi connectivity index (χ1n) is 10.8. The van der Waals surface area contributed by atoms with Crippen LogP contribution in [0.5, 0.6) is 5.75 Å². The molecule has 1 aromatic heterocycles. The third kappa shape index (κ3) is 4.32. The Hall–Kier alpha value is -3.71. The van der Waals surface area contributed by atoms with E-state index in [9.17, 15) is 9.59 Å². The fourth-order valence-electron chi connectivity index (χ4n) is 4.11. The van der Waals surface area contributed by atoms with E-state index in [0.29, 0.717) is 29.7 Å². The third-order valence-electron chi connectivity index (χ3n) is 5.79. The van der Waals surface area contributed by atoms with Gasteiger partial charge in [-0.05, 0) is 29.8 Å². The zero-order valence-corrected chi connectivity index (χ0v) is 19.0. The number of para-hydroxylation sites is 1. The van der Waals surface area contributed by atoms with Gasteiger partial charge in [-0.2, -0.15) is 0 Å². The Labute approximate surface area is 196 Å². The highest BCUT2D eigenvalue weighted by molar-refractivity contribution is 7.22. The van der Waals surface area contributed by atoms with Crippen LogP contribution in [0.25, 0.3) is 10.2 Å². The molecule has 0 saturated carbocycles. The number of hydrogen-bond acceptors (Lipinski definition) is 5. The minimum atomic E-state index is -0.445. The van der Waals surface area contributed by atoms with Gasteiger partial charge in [-0.1, -0.05) is 59.9 Å². The molecule has 4 aromatic rings. The molecule has 1 saturated heterocycles. The Bertz CT molecular complexity index is 1270. The van der Waals surface area contributed by atoms with Crippen LogP contribution in [0.4, 0.5) is 10.8 Å². The number of fused-ring (bicyclic) bond motifs is 1. The molecular formula is C26H23N3O3S. The Kier molecular flexibility index (Phi) is 5.79. The van der Waals surface area contributed by atoms with Gasteiger partial charge in [0, 0.05) is 25.6 Å². The van der Waals surface area contributed by atoms with E-state index in [1.165, 1.54) is 11.3 Å². The van der Waals surface area contributed by atoms with Gasteiger partial charge in [0.1, 0.15) is 5.75 Å². The topological polar surface area (TPSA) is 62.7 Å². The van der Waals surface area contributed by atoms with Gasteiger partial charge in [0.2, 0.25) is 11.8 Å². The van der Waals surface area contributed by atoms with Gasteiger partial charge in [-0.3, -0.25) is 14.5 Å². The van der Waals surface area contributed by atoms with Crippen molar-refractivity contribution in [3.8, 4) is 5.75 Å². The molecule has 1 aliphatic heterocycles. The average Bonchev–Trinajstić information content (AvgIpc) is 3.43. The average molecular weight is 458 g/mol. The molecule has 3 aromatic carbocycles. The lowest BCUT2D eigenvalue weighted by atomic mass is 10.1. The predicted octanol–water partition coefficient (Wildman–Crippen LogP) is 5.02. The standard InChI is InChI=1S/C26H23N3O3S/c1-32-21-11-7-10-20(15-21)29(26-27-22-12-5-6-13-23(22)33-26)25(31)19-14-24(30)28(17-19)16-18-8-3-2-4-9-18/h2-13,15,19H,14,16-17H2,1H3/t19-/m1/s1. The quantitative estimate of drug-likeness (QED) is 0.408. The van der Waals surface area contributed by atoms with E-state index in [1.54, 1.807) is 16.9 Å². The van der Waals surface area contributed by atoms with Crippen molar-refractivity contribution in [2.45, 2.75) is 13.0 Å². The number of carbonyl (C=O) groups excluding carboxylic acids is 2. The van der Waals surface area contributed by atoms with Gasteiger partial charge < -0.3 is 9.64 Å². The van der Waals surface area contributed by atoms with Gasteiger partial charge in [0.05, 0.1) is 28.9 Å². The largest absolute Gasteiger partial charge is 0.497 e. The molecule has 7 heteroatoms. The molecule has 0 spiro atoms. The number of hydrogen-bond donors (Lipinski definition) is 0. The summed E-state index contributed by atoms with van der Waals surface area (Å²) in [6, 6.07) is 25.0. The molecule has 2 heterocycles. The highest BCUT2D eigenvalue weighted by atomic mass is 32.1. The number of thiazole rings is 1. The van der Waals surface area contributed by atoms with Crippen molar-refractivity contribution >= 4 is 44.2 Å². The molecule has 6 nitrogen and oxygen atoms in total. The van der Waals surface area contributed by atoms with Gasteiger partial charge in [-0.15, -0.1) is 0 Å². The summed E-state index contributed by atoms with van der Waals surface area (Å²) in [5.41, 5.74) is 2.56. The molecule has 166 valence electrons. The van der Waals surface area contributed by atoms with Gasteiger partial charge >= 0.3 is 0 Å². The molecule has 33 heavy (non-hydrogen) atoms. The molecule has 0 bridgehead atoms. The molecule has 0 unspecified atom stereocenters. The van der Waals surface area contributed by atoms with E-state index < -0.39 is 5.92 Å². The van der Waals surface area contributed by atoms with Crippen LogP contribution in [0.3, 0.4) is 0 Å². The van der Waals surface area contributed by atoms with Gasteiger partial charge in [-0.25, -0.2) is 4.98 Å². The first kappa shape index (κ1) is 21.2. The number of likely N-dealkylation sites (tertiary alicyclic amines) is 1. The number of carbonyl (C=O) groups is 2. The molecule has 1 fully saturated rings. The smallest absolute Gasteiger partial charge is 0.238 e. The maximum atomic E-state index is 13.8. The molecular weight excluding hydrogens is 434 g/mol. The summed E-state index contributed by atoms with van der Waals surface area (Å²) in [7, 11) is 1.60. The highest BCUT2D eigenvalue weighted by Crippen LogP contribution is 2.37. The van der Waals surface area contributed by atoms with Crippen LogP contribution < -0.4 is 9.64 Å². The zero-order valence-electron chi connectivity index (χ0n) is 18.2. The Balaban J connectivity index is 1.47. The van der Waals surface area contributed by atoms with Crippen LogP contribution in [0.1, 0.15) is 12.0 Å². The first-order chi connectivity index (χ1) is 16.1. The minimum absolute atomic E-state index is 0.00732. The van der Waals surface area contributed by atoms with E-state index in [-0.39, 0.29) is 18.2 Å². The lowest BCUT2D eigenvalue weighted by Gasteiger charge is -2.24. The van der Waals surface area contributed by atoms with Gasteiger partial charge in [0.15, 0.2) is 5.13 Å². The third-order valence-corrected chi connectivity index (χ3v) is 6.81. The zero-order chi connectivity index (χ0) is 22.8. The summed E-state index contributed by atoms with van der Waals surface area (Å²) in [4.78, 5) is 34.7. The number of aromatic nitrogens is 1. The molecule has 0 aliphatic carbocycles. The number of methoxy groups -OCH3 is 1. The number of rotatable bonds is 6. The Morgan fingerprint density at radius 1 is 1.09 bits per heavy atom. The summed E-state index contributed by atoms with van der Waals surface area (Å²) in [6.45, 7) is 0.891. The summed E-state index contributed by atoms with van der Waals surface area (Å²) < 4.78 is 6.39. The first-order valence-corrected chi connectivity index (χ1v) is 11.6. The second kappa shape index (κ2) is 9.03. The van der Waals surface area contributed by atoms with E-state index in [2.05, 4.69) is 0 Å². The van der Waals surface area contributed by atoms with Crippen molar-refractivity contribution < 1.29 is 14.3 Å². The maximum Gasteiger partial charge on any atom is 0.238 e. The molecule has 2 amide bonds. The summed E-state index contributed by atoms with van der Waals surface area (Å²) in [5, 5.41) is 0.586. The summed E-state index contributed by atoms with van der Waals surface area (Å²) in [5.74, 6) is 0.0670. The second-order valence-electron chi connectivity index (χ2n) is 8.00. The summed E-state index contributed by atoms with van der Waals surface area (Å²) in [6.07, 6.45) is 0.191. The number of anilines is 2. The second-order valence-corrected chi connectivity index (χ2v) is 9.01. The highest BCUT2D eigenvalue weighted by Gasteiger charge is 2.38. The van der Waals surface area contributed by atoms with E-state index >= 15 is 0 Å². The van der Waals surface area contributed by atoms with Crippen molar-refractivity contribution in [3.63, 3.8) is 0 Å². The van der Waals surface area contributed by atoms with Crippen LogP contribution in [0.15, 0.2) is 78.9 Å². The fourth-order valence-corrected chi connectivity index (χ4v) is 5.11. The van der Waals surface area contributed by atoms with E-state index in [4.69, 9.17) is 9.72 Å². The van der Waals surface area contributed by atoms with Crippen LogP contribution >= 0.6 is 11.3 Å². The molecule has 1 aliphatic rings. The van der Waals surface area contributed by atoms with Gasteiger partial charge in [0.25, 0.3) is 0 Å².